The lowest BCUT2D eigenvalue weighted by Gasteiger charge is -2.06. The standard InChI is InChI=1S/C18H13ClN4O/c19-14-8-6-13(7-9-14)11-22-12-20-17-16(18(22)24)10-21-23(17)15-4-2-1-3-5-15/h1-10,12H,11H2. The Balaban J connectivity index is 1.77. The predicted octanol–water partition coefficient (Wildman–Crippen LogP) is 3.28. The number of fused-ring (bicyclic) bond motifs is 1. The summed E-state index contributed by atoms with van der Waals surface area (Å²) in [6.07, 6.45) is 3.12. The van der Waals surface area contributed by atoms with Crippen LogP contribution in [0, 0.1) is 0 Å². The summed E-state index contributed by atoms with van der Waals surface area (Å²) in [4.78, 5) is 17.1. The van der Waals surface area contributed by atoms with Crippen molar-refractivity contribution in [3.8, 4) is 5.69 Å². The Morgan fingerprint density at radius 2 is 1.75 bits per heavy atom. The van der Waals surface area contributed by atoms with Crippen LogP contribution in [0.4, 0.5) is 0 Å². The summed E-state index contributed by atoms with van der Waals surface area (Å²) >= 11 is 5.89. The zero-order valence-corrected chi connectivity index (χ0v) is 13.4. The third-order valence-corrected chi connectivity index (χ3v) is 4.07. The molecule has 0 radical (unpaired) electrons. The molecule has 0 amide bonds. The van der Waals surface area contributed by atoms with Gasteiger partial charge in [0.1, 0.15) is 11.7 Å². The lowest BCUT2D eigenvalue weighted by atomic mass is 10.2. The molecule has 2 aromatic carbocycles. The lowest BCUT2D eigenvalue weighted by molar-refractivity contribution is 0.745. The minimum Gasteiger partial charge on any atom is -0.294 e. The maximum absolute atomic E-state index is 12.7. The Kier molecular flexibility index (Phi) is 3.63. The van der Waals surface area contributed by atoms with Gasteiger partial charge in [0.2, 0.25) is 0 Å². The molecule has 0 aliphatic heterocycles. The Bertz CT molecular complexity index is 1050. The highest BCUT2D eigenvalue weighted by molar-refractivity contribution is 6.30. The first-order valence-corrected chi connectivity index (χ1v) is 7.83. The van der Waals surface area contributed by atoms with Gasteiger partial charge >= 0.3 is 0 Å². The van der Waals surface area contributed by atoms with Gasteiger partial charge in [-0.05, 0) is 29.8 Å². The lowest BCUT2D eigenvalue weighted by Crippen LogP contribution is -2.21. The van der Waals surface area contributed by atoms with Gasteiger partial charge in [-0.2, -0.15) is 5.10 Å². The summed E-state index contributed by atoms with van der Waals surface area (Å²) in [5.41, 5.74) is 2.30. The number of benzene rings is 2. The van der Waals surface area contributed by atoms with Crippen LogP contribution >= 0.6 is 11.6 Å². The number of rotatable bonds is 3. The predicted molar refractivity (Wildman–Crippen MR) is 93.7 cm³/mol. The van der Waals surface area contributed by atoms with Gasteiger partial charge in [-0.1, -0.05) is 41.9 Å². The molecule has 4 aromatic rings. The molecule has 6 heteroatoms. The van der Waals surface area contributed by atoms with Crippen LogP contribution in [0.25, 0.3) is 16.7 Å². The Morgan fingerprint density at radius 1 is 1.00 bits per heavy atom. The molecule has 0 spiro atoms. The van der Waals surface area contributed by atoms with E-state index in [0.29, 0.717) is 22.6 Å². The van der Waals surface area contributed by atoms with Crippen molar-refractivity contribution in [3.63, 3.8) is 0 Å². The largest absolute Gasteiger partial charge is 0.294 e. The Labute approximate surface area is 142 Å². The average molecular weight is 337 g/mol. The summed E-state index contributed by atoms with van der Waals surface area (Å²) < 4.78 is 3.24. The van der Waals surface area contributed by atoms with Crippen molar-refractivity contribution in [3.05, 3.63) is 88.1 Å². The molecule has 0 unspecified atom stereocenters. The number of hydrogen-bond donors (Lipinski definition) is 0. The maximum atomic E-state index is 12.7. The van der Waals surface area contributed by atoms with E-state index in [1.807, 2.05) is 42.5 Å². The first-order valence-electron chi connectivity index (χ1n) is 7.45. The molecule has 2 heterocycles. The van der Waals surface area contributed by atoms with Gasteiger partial charge in [0.25, 0.3) is 5.56 Å². The first kappa shape index (κ1) is 14.7. The van der Waals surface area contributed by atoms with Crippen molar-refractivity contribution in [2.45, 2.75) is 6.54 Å². The van der Waals surface area contributed by atoms with Crippen molar-refractivity contribution in [1.29, 1.82) is 0 Å². The van der Waals surface area contributed by atoms with Crippen molar-refractivity contribution in [2.24, 2.45) is 0 Å². The second-order valence-electron chi connectivity index (χ2n) is 5.43. The fourth-order valence-electron chi connectivity index (χ4n) is 2.61. The van der Waals surface area contributed by atoms with Gasteiger partial charge in [0, 0.05) is 5.02 Å². The van der Waals surface area contributed by atoms with Gasteiger partial charge in [0.05, 0.1) is 18.4 Å². The molecule has 2 aromatic heterocycles. The van der Waals surface area contributed by atoms with Crippen LogP contribution in [0.15, 0.2) is 71.9 Å². The maximum Gasteiger partial charge on any atom is 0.264 e. The molecular weight excluding hydrogens is 324 g/mol. The van der Waals surface area contributed by atoms with Crippen LogP contribution in [0.1, 0.15) is 5.56 Å². The first-order chi connectivity index (χ1) is 11.7. The molecule has 0 fully saturated rings. The van der Waals surface area contributed by atoms with Crippen LogP contribution in [0.2, 0.25) is 5.02 Å². The van der Waals surface area contributed by atoms with Crippen molar-refractivity contribution in [2.75, 3.05) is 0 Å². The van der Waals surface area contributed by atoms with Gasteiger partial charge in [-0.25, -0.2) is 9.67 Å². The highest BCUT2D eigenvalue weighted by atomic mass is 35.5. The number of aromatic nitrogens is 4. The quantitative estimate of drug-likeness (QED) is 0.577. The van der Waals surface area contributed by atoms with Crippen molar-refractivity contribution in [1.82, 2.24) is 19.3 Å². The Morgan fingerprint density at radius 3 is 2.50 bits per heavy atom. The fourth-order valence-corrected chi connectivity index (χ4v) is 2.73. The van der Waals surface area contributed by atoms with Crippen molar-refractivity contribution >= 4 is 22.6 Å². The summed E-state index contributed by atoms with van der Waals surface area (Å²) in [5, 5.41) is 5.48. The summed E-state index contributed by atoms with van der Waals surface area (Å²) in [5.74, 6) is 0. The van der Waals surface area contributed by atoms with Gasteiger partial charge in [-0.15, -0.1) is 0 Å². The zero-order valence-electron chi connectivity index (χ0n) is 12.6. The van der Waals surface area contributed by atoms with E-state index in [-0.39, 0.29) is 5.56 Å². The van der Waals surface area contributed by atoms with Gasteiger partial charge in [0.15, 0.2) is 5.65 Å². The molecule has 4 rings (SSSR count). The van der Waals surface area contributed by atoms with E-state index in [1.54, 1.807) is 33.9 Å². The highest BCUT2D eigenvalue weighted by Gasteiger charge is 2.11. The Hall–Kier alpha value is -2.92. The van der Waals surface area contributed by atoms with Crippen LogP contribution < -0.4 is 5.56 Å². The average Bonchev–Trinajstić information content (AvgIpc) is 3.05. The molecule has 0 atom stereocenters. The van der Waals surface area contributed by atoms with E-state index < -0.39 is 0 Å². The van der Waals surface area contributed by atoms with Gasteiger partial charge < -0.3 is 0 Å². The normalized spacial score (nSPS) is 11.0. The van der Waals surface area contributed by atoms with E-state index in [0.717, 1.165) is 11.3 Å². The fraction of sp³-hybridized carbons (Fsp3) is 0.0556. The SMILES string of the molecule is O=c1c2cnn(-c3ccccc3)c2ncn1Cc1ccc(Cl)cc1. The number of hydrogen-bond acceptors (Lipinski definition) is 3. The van der Waals surface area contributed by atoms with E-state index in [2.05, 4.69) is 10.1 Å². The summed E-state index contributed by atoms with van der Waals surface area (Å²) in [6.45, 7) is 0.440. The van der Waals surface area contributed by atoms with Gasteiger partial charge in [-0.3, -0.25) is 9.36 Å². The molecule has 0 aliphatic carbocycles. The minimum absolute atomic E-state index is 0.114. The topological polar surface area (TPSA) is 52.7 Å². The van der Waals surface area contributed by atoms with E-state index in [9.17, 15) is 4.79 Å². The molecular formula is C18H13ClN4O. The van der Waals surface area contributed by atoms with Crippen molar-refractivity contribution < 1.29 is 0 Å². The molecule has 0 N–H and O–H groups in total. The minimum atomic E-state index is -0.114. The number of nitrogens with zero attached hydrogens (tertiary/aromatic N) is 4. The van der Waals surface area contributed by atoms with E-state index in [1.165, 1.54) is 0 Å². The van der Waals surface area contributed by atoms with Crippen LogP contribution in [-0.2, 0) is 6.54 Å². The van der Waals surface area contributed by atoms with E-state index in [4.69, 9.17) is 11.6 Å². The molecule has 0 saturated carbocycles. The highest BCUT2D eigenvalue weighted by Crippen LogP contribution is 2.14. The third kappa shape index (κ3) is 2.59. The van der Waals surface area contributed by atoms with Crippen LogP contribution in [0.3, 0.4) is 0 Å². The van der Waals surface area contributed by atoms with Crippen LogP contribution in [-0.4, -0.2) is 19.3 Å². The third-order valence-electron chi connectivity index (χ3n) is 3.82. The molecule has 5 nitrogen and oxygen atoms in total. The molecule has 0 aliphatic rings. The molecule has 0 bridgehead atoms. The summed E-state index contributed by atoms with van der Waals surface area (Å²) in [7, 11) is 0. The second kappa shape index (κ2) is 5.94. The number of halogens is 1. The van der Waals surface area contributed by atoms with Crippen LogP contribution in [0.5, 0.6) is 0 Å². The molecule has 24 heavy (non-hydrogen) atoms. The summed E-state index contributed by atoms with van der Waals surface area (Å²) in [6, 6.07) is 17.0. The molecule has 0 saturated heterocycles. The monoisotopic (exact) mass is 336 g/mol. The molecule has 118 valence electrons. The number of para-hydroxylation sites is 1. The smallest absolute Gasteiger partial charge is 0.264 e. The van der Waals surface area contributed by atoms with E-state index >= 15 is 0 Å². The zero-order chi connectivity index (χ0) is 16.5. The second-order valence-corrected chi connectivity index (χ2v) is 5.87.